The Morgan fingerprint density at radius 2 is 1.62 bits per heavy atom. The number of allylic oxidation sites excluding steroid dienone is 1. The van der Waals surface area contributed by atoms with Gasteiger partial charge in [-0.3, -0.25) is 4.90 Å². The zero-order valence-electron chi connectivity index (χ0n) is 17.7. The second-order valence-corrected chi connectivity index (χ2v) is 9.74. The summed E-state index contributed by atoms with van der Waals surface area (Å²) >= 11 is 0. The third-order valence-electron chi connectivity index (χ3n) is 7.95. The molecule has 1 heterocycles. The van der Waals surface area contributed by atoms with E-state index < -0.39 is 0 Å². The molecule has 1 heteroatoms. The minimum atomic E-state index is 0.327. The van der Waals surface area contributed by atoms with Crippen LogP contribution in [-0.2, 0) is 12.0 Å². The van der Waals surface area contributed by atoms with Crippen LogP contribution < -0.4 is 0 Å². The van der Waals surface area contributed by atoms with Crippen LogP contribution in [0.3, 0.4) is 0 Å². The number of hydrogen-bond donors (Lipinski definition) is 0. The second kappa shape index (κ2) is 8.48. The van der Waals surface area contributed by atoms with Crippen molar-refractivity contribution in [2.45, 2.75) is 63.3 Å². The van der Waals surface area contributed by atoms with E-state index in [1.807, 2.05) is 0 Å². The van der Waals surface area contributed by atoms with E-state index in [9.17, 15) is 0 Å². The lowest BCUT2D eigenvalue weighted by atomic mass is 9.68. The topological polar surface area (TPSA) is 3.24 Å². The van der Waals surface area contributed by atoms with E-state index in [1.165, 1.54) is 75.6 Å². The van der Waals surface area contributed by atoms with Gasteiger partial charge < -0.3 is 0 Å². The smallest absolute Gasteiger partial charge is 0.0233 e. The first-order chi connectivity index (χ1) is 14.3. The lowest BCUT2D eigenvalue weighted by molar-refractivity contribution is 0.110. The fourth-order valence-corrected chi connectivity index (χ4v) is 6.36. The summed E-state index contributed by atoms with van der Waals surface area (Å²) in [5.74, 6) is 1.80. The number of piperidine rings is 1. The third-order valence-corrected chi connectivity index (χ3v) is 7.95. The van der Waals surface area contributed by atoms with Crippen molar-refractivity contribution in [2.24, 2.45) is 11.8 Å². The summed E-state index contributed by atoms with van der Waals surface area (Å²) in [5, 5.41) is 0. The van der Waals surface area contributed by atoms with Gasteiger partial charge in [0.1, 0.15) is 0 Å². The predicted octanol–water partition coefficient (Wildman–Crippen LogP) is 6.83. The lowest BCUT2D eigenvalue weighted by Crippen LogP contribution is -2.39. The summed E-state index contributed by atoms with van der Waals surface area (Å²) in [5.41, 5.74) is 4.87. The van der Waals surface area contributed by atoms with E-state index in [-0.39, 0.29) is 0 Å². The van der Waals surface area contributed by atoms with Gasteiger partial charge in [-0.15, -0.1) is 0 Å². The molecule has 0 amide bonds. The molecule has 2 aromatic carbocycles. The van der Waals surface area contributed by atoms with Crippen LogP contribution in [0.2, 0.25) is 0 Å². The van der Waals surface area contributed by atoms with Gasteiger partial charge in [-0.1, -0.05) is 86.0 Å². The molecule has 2 aliphatic carbocycles. The second-order valence-electron chi connectivity index (χ2n) is 9.74. The van der Waals surface area contributed by atoms with E-state index in [1.54, 1.807) is 5.56 Å². The van der Waals surface area contributed by atoms with Crippen molar-refractivity contribution >= 4 is 6.08 Å². The molecular weight excluding hydrogens is 350 g/mol. The molecule has 29 heavy (non-hydrogen) atoms. The number of rotatable bonds is 3. The first-order valence-electron chi connectivity index (χ1n) is 11.9. The highest BCUT2D eigenvalue weighted by Gasteiger charge is 2.37. The molecule has 1 nitrogen and oxygen atoms in total. The molecule has 3 aliphatic rings. The van der Waals surface area contributed by atoms with Crippen molar-refractivity contribution in [2.75, 3.05) is 13.1 Å². The molecule has 2 fully saturated rings. The van der Waals surface area contributed by atoms with Crippen molar-refractivity contribution in [3.05, 3.63) is 77.4 Å². The van der Waals surface area contributed by atoms with Gasteiger partial charge in [0.2, 0.25) is 0 Å². The average Bonchev–Trinajstić information content (AvgIpc) is 3.12. The monoisotopic (exact) mass is 385 g/mol. The first-order valence-corrected chi connectivity index (χ1v) is 11.9. The molecule has 1 saturated heterocycles. The number of likely N-dealkylation sites (tertiary alicyclic amines) is 1. The molecule has 0 aromatic heterocycles. The highest BCUT2D eigenvalue weighted by molar-refractivity contribution is 5.65. The van der Waals surface area contributed by atoms with Gasteiger partial charge in [-0.05, 0) is 67.2 Å². The molecule has 3 atom stereocenters. The largest absolute Gasteiger partial charge is 0.299 e. The first kappa shape index (κ1) is 19.1. The molecule has 0 N–H and O–H groups in total. The number of fused-ring (bicyclic) bond motifs is 2. The van der Waals surface area contributed by atoms with Crippen LogP contribution in [0.4, 0.5) is 0 Å². The third kappa shape index (κ3) is 4.08. The van der Waals surface area contributed by atoms with Gasteiger partial charge in [0.25, 0.3) is 0 Å². The number of nitrogens with zero attached hydrogens (tertiary/aromatic N) is 1. The van der Waals surface area contributed by atoms with Crippen LogP contribution in [-0.4, -0.2) is 18.0 Å². The van der Waals surface area contributed by atoms with Gasteiger partial charge >= 0.3 is 0 Å². The van der Waals surface area contributed by atoms with Gasteiger partial charge in [0.05, 0.1) is 0 Å². The fraction of sp³-hybridized carbons (Fsp3) is 0.500. The quantitative estimate of drug-likeness (QED) is 0.559. The Kier molecular flexibility index (Phi) is 5.59. The minimum absolute atomic E-state index is 0.327. The van der Waals surface area contributed by atoms with E-state index >= 15 is 0 Å². The summed E-state index contributed by atoms with van der Waals surface area (Å²) in [7, 11) is 0. The Labute approximate surface area is 176 Å². The number of benzene rings is 2. The maximum absolute atomic E-state index is 2.73. The van der Waals surface area contributed by atoms with Crippen LogP contribution >= 0.6 is 0 Å². The van der Waals surface area contributed by atoms with E-state index in [2.05, 4.69) is 71.6 Å². The van der Waals surface area contributed by atoms with Gasteiger partial charge in [-0.25, -0.2) is 0 Å². The van der Waals surface area contributed by atoms with Crippen LogP contribution in [0.1, 0.15) is 68.1 Å². The summed E-state index contributed by atoms with van der Waals surface area (Å²) in [6.45, 7) is 3.71. The SMILES string of the molecule is C1=CC2(CCCCC(C3CCCN(Cc4ccccc4)C3)CC2)c2ccccc21. The zero-order valence-corrected chi connectivity index (χ0v) is 17.7. The van der Waals surface area contributed by atoms with Crippen molar-refractivity contribution in [1.29, 1.82) is 0 Å². The Bertz CT molecular complexity index is 838. The van der Waals surface area contributed by atoms with Crippen molar-refractivity contribution in [1.82, 2.24) is 4.90 Å². The van der Waals surface area contributed by atoms with Crippen LogP contribution in [0.5, 0.6) is 0 Å². The highest BCUT2D eigenvalue weighted by atomic mass is 15.1. The Morgan fingerprint density at radius 1 is 0.793 bits per heavy atom. The maximum atomic E-state index is 2.73. The van der Waals surface area contributed by atoms with Crippen LogP contribution in [0.25, 0.3) is 6.08 Å². The van der Waals surface area contributed by atoms with Gasteiger partial charge in [-0.2, -0.15) is 0 Å². The standard InChI is InChI=1S/C28H35N/c1-2-9-23(10-3-1)21-29-20-8-13-26(22-29)24-11-6-7-17-28(18-15-24)19-16-25-12-4-5-14-27(25)28/h1-5,9-10,12,14,16,19,24,26H,6-8,11,13,15,17-18,20-22H2. The van der Waals surface area contributed by atoms with Gasteiger partial charge in [0.15, 0.2) is 0 Å². The van der Waals surface area contributed by atoms with Crippen molar-refractivity contribution in [3.8, 4) is 0 Å². The van der Waals surface area contributed by atoms with Crippen LogP contribution in [0.15, 0.2) is 60.7 Å². The molecular formula is C28H35N. The summed E-state index contributed by atoms with van der Waals surface area (Å²) in [6, 6.07) is 20.2. The summed E-state index contributed by atoms with van der Waals surface area (Å²) in [4.78, 5) is 2.73. The molecule has 5 rings (SSSR count). The minimum Gasteiger partial charge on any atom is -0.299 e. The van der Waals surface area contributed by atoms with E-state index in [0.29, 0.717) is 5.41 Å². The molecule has 3 unspecified atom stereocenters. The molecule has 1 saturated carbocycles. The number of hydrogen-bond acceptors (Lipinski definition) is 1. The summed E-state index contributed by atoms with van der Waals surface area (Å²) in [6.07, 6.45) is 16.1. The van der Waals surface area contributed by atoms with Crippen LogP contribution in [0, 0.1) is 11.8 Å². The molecule has 0 radical (unpaired) electrons. The Balaban J connectivity index is 1.26. The predicted molar refractivity (Wildman–Crippen MR) is 123 cm³/mol. The molecule has 1 spiro atoms. The Morgan fingerprint density at radius 3 is 2.55 bits per heavy atom. The molecule has 0 bridgehead atoms. The van der Waals surface area contributed by atoms with Gasteiger partial charge in [0, 0.05) is 18.5 Å². The normalized spacial score (nSPS) is 30.1. The lowest BCUT2D eigenvalue weighted by Gasteiger charge is -2.40. The molecule has 1 aliphatic heterocycles. The molecule has 2 aromatic rings. The summed E-state index contributed by atoms with van der Waals surface area (Å²) < 4.78 is 0. The Hall–Kier alpha value is -1.86. The molecule has 152 valence electrons. The van der Waals surface area contributed by atoms with Crippen molar-refractivity contribution in [3.63, 3.8) is 0 Å². The highest BCUT2D eigenvalue weighted by Crippen LogP contribution is 2.47. The maximum Gasteiger partial charge on any atom is 0.0233 e. The van der Waals surface area contributed by atoms with Crippen molar-refractivity contribution < 1.29 is 0 Å². The van der Waals surface area contributed by atoms with E-state index in [4.69, 9.17) is 0 Å². The van der Waals surface area contributed by atoms with E-state index in [0.717, 1.165) is 18.4 Å². The zero-order chi connectivity index (χ0) is 19.5. The average molecular weight is 386 g/mol. The fourth-order valence-electron chi connectivity index (χ4n) is 6.36.